The number of rotatable bonds is 5. The van der Waals surface area contributed by atoms with Crippen molar-refractivity contribution in [3.8, 4) is 50.7 Å². The van der Waals surface area contributed by atoms with Crippen molar-refractivity contribution in [3.63, 3.8) is 0 Å². The molecule has 10 aromatic rings. The second-order valence-electron chi connectivity index (χ2n) is 13.0. The Labute approximate surface area is 295 Å². The highest BCUT2D eigenvalue weighted by Crippen LogP contribution is 2.38. The lowest BCUT2D eigenvalue weighted by atomic mass is 9.93. The summed E-state index contributed by atoms with van der Waals surface area (Å²) in [5.41, 5.74) is 7.72. The fourth-order valence-corrected chi connectivity index (χ4v) is 7.55. The van der Waals surface area contributed by atoms with Crippen LogP contribution < -0.4 is 0 Å². The van der Waals surface area contributed by atoms with E-state index in [9.17, 15) is 0 Å². The van der Waals surface area contributed by atoms with Crippen molar-refractivity contribution in [3.05, 3.63) is 188 Å². The number of benzene rings is 9. The minimum absolute atomic E-state index is 0.688. The van der Waals surface area contributed by atoms with Gasteiger partial charge in [-0.05, 0) is 89.6 Å². The molecule has 0 amide bonds. The average Bonchev–Trinajstić information content (AvgIpc) is 3.66. The van der Waals surface area contributed by atoms with Crippen LogP contribution in [0.5, 0.6) is 0 Å². The molecule has 0 bridgehead atoms. The molecule has 0 spiro atoms. The number of hydrogen-bond donors (Lipinski definition) is 0. The highest BCUT2D eigenvalue weighted by molar-refractivity contribution is 6.14. The molecule has 0 aliphatic carbocycles. The maximum atomic E-state index is 5.17. The Morgan fingerprint density at radius 2 is 0.745 bits per heavy atom. The number of nitrogens with zero attached hydrogens (tertiary/aromatic N) is 3. The van der Waals surface area contributed by atoms with Gasteiger partial charge in [0.15, 0.2) is 11.6 Å². The van der Waals surface area contributed by atoms with Crippen LogP contribution in [0.15, 0.2) is 188 Å². The molecular weight excluding hydrogens is 619 g/mol. The lowest BCUT2D eigenvalue weighted by Gasteiger charge is -2.12. The van der Waals surface area contributed by atoms with Gasteiger partial charge < -0.3 is 0 Å². The van der Waals surface area contributed by atoms with Gasteiger partial charge in [0.25, 0.3) is 0 Å². The lowest BCUT2D eigenvalue weighted by molar-refractivity contribution is 0.890. The molecule has 9 aromatic carbocycles. The first kappa shape index (κ1) is 29.1. The third-order valence-corrected chi connectivity index (χ3v) is 10.1. The third-order valence-electron chi connectivity index (χ3n) is 10.1. The van der Waals surface area contributed by atoms with Crippen molar-refractivity contribution in [2.45, 2.75) is 0 Å². The van der Waals surface area contributed by atoms with E-state index in [1.807, 2.05) is 22.9 Å². The highest BCUT2D eigenvalue weighted by Gasteiger charge is 2.17. The predicted molar refractivity (Wildman–Crippen MR) is 213 cm³/mol. The fourth-order valence-electron chi connectivity index (χ4n) is 7.55. The van der Waals surface area contributed by atoms with E-state index in [0.29, 0.717) is 5.82 Å². The van der Waals surface area contributed by atoms with Crippen LogP contribution in [-0.2, 0) is 0 Å². The first-order valence-electron chi connectivity index (χ1n) is 17.3. The summed E-state index contributed by atoms with van der Waals surface area (Å²) in [5, 5.41) is 15.1. The zero-order valence-electron chi connectivity index (χ0n) is 27.7. The molecule has 0 aliphatic heterocycles. The molecule has 1 aromatic heterocycles. The maximum absolute atomic E-state index is 5.17. The molecule has 0 N–H and O–H groups in total. The van der Waals surface area contributed by atoms with E-state index in [-0.39, 0.29) is 0 Å². The van der Waals surface area contributed by atoms with Gasteiger partial charge in [0.2, 0.25) is 0 Å². The predicted octanol–water partition coefficient (Wildman–Crippen LogP) is 12.5. The van der Waals surface area contributed by atoms with E-state index in [1.165, 1.54) is 65.3 Å². The molecule has 238 valence electrons. The summed E-state index contributed by atoms with van der Waals surface area (Å²) in [7, 11) is 0. The molecule has 0 atom stereocenters. The summed E-state index contributed by atoms with van der Waals surface area (Å²) >= 11 is 0. The Morgan fingerprint density at radius 3 is 1.27 bits per heavy atom. The molecule has 51 heavy (non-hydrogen) atoms. The molecule has 0 fully saturated rings. The van der Waals surface area contributed by atoms with Crippen LogP contribution in [0.3, 0.4) is 0 Å². The van der Waals surface area contributed by atoms with Gasteiger partial charge >= 0.3 is 0 Å². The molecule has 0 aliphatic rings. The van der Waals surface area contributed by atoms with Crippen molar-refractivity contribution < 1.29 is 0 Å². The zero-order valence-corrected chi connectivity index (χ0v) is 27.7. The van der Waals surface area contributed by atoms with Crippen LogP contribution in [0, 0.1) is 0 Å². The van der Waals surface area contributed by atoms with Gasteiger partial charge in [-0.25, -0.2) is 9.67 Å². The number of para-hydroxylation sites is 1. The number of fused-ring (bicyclic) bond motifs is 6. The average molecular weight is 650 g/mol. The Morgan fingerprint density at radius 1 is 0.333 bits per heavy atom. The van der Waals surface area contributed by atoms with Crippen molar-refractivity contribution in [2.75, 3.05) is 0 Å². The van der Waals surface area contributed by atoms with Crippen LogP contribution >= 0.6 is 0 Å². The Hall–Kier alpha value is -6.84. The molecule has 10 rings (SSSR count). The van der Waals surface area contributed by atoms with E-state index >= 15 is 0 Å². The molecule has 0 saturated heterocycles. The Kier molecular flexibility index (Phi) is 6.81. The van der Waals surface area contributed by atoms with Crippen LogP contribution in [-0.4, -0.2) is 14.8 Å². The standard InChI is InChI=1S/C48H31N3/c1-2-14-38(15-3-1)51-48(35-28-24-33(25-29-35)46-31-37-13-5-7-17-40(37)42-19-9-11-21-44(42)46)49-47(50-51)34-26-22-32(23-27-34)45-30-36-12-4-6-16-39(36)41-18-8-10-20-43(41)45/h1-31H. The van der Waals surface area contributed by atoms with E-state index in [0.717, 1.165) is 22.6 Å². The first-order chi connectivity index (χ1) is 25.3. The topological polar surface area (TPSA) is 30.7 Å². The second-order valence-corrected chi connectivity index (χ2v) is 13.0. The lowest BCUT2D eigenvalue weighted by Crippen LogP contribution is -1.99. The Bertz CT molecular complexity index is 2890. The van der Waals surface area contributed by atoms with Gasteiger partial charge in [0, 0.05) is 11.1 Å². The van der Waals surface area contributed by atoms with E-state index in [4.69, 9.17) is 10.1 Å². The summed E-state index contributed by atoms with van der Waals surface area (Å²) in [6.45, 7) is 0. The smallest absolute Gasteiger partial charge is 0.182 e. The molecule has 3 nitrogen and oxygen atoms in total. The van der Waals surface area contributed by atoms with Gasteiger partial charge in [-0.2, -0.15) is 0 Å². The zero-order chi connectivity index (χ0) is 33.7. The third kappa shape index (κ3) is 4.98. The monoisotopic (exact) mass is 649 g/mol. The summed E-state index contributed by atoms with van der Waals surface area (Å²) in [5.74, 6) is 1.49. The normalized spacial score (nSPS) is 11.5. The summed E-state index contributed by atoms with van der Waals surface area (Å²) in [6, 6.07) is 66.9. The van der Waals surface area contributed by atoms with E-state index < -0.39 is 0 Å². The summed E-state index contributed by atoms with van der Waals surface area (Å²) in [6.07, 6.45) is 0. The first-order valence-corrected chi connectivity index (χ1v) is 17.3. The van der Waals surface area contributed by atoms with Gasteiger partial charge in [-0.1, -0.05) is 164 Å². The minimum atomic E-state index is 0.688. The molecule has 3 heteroatoms. The molecule has 0 saturated carbocycles. The maximum Gasteiger partial charge on any atom is 0.182 e. The van der Waals surface area contributed by atoms with Crippen LogP contribution in [0.25, 0.3) is 93.8 Å². The molecule has 0 unspecified atom stereocenters. The van der Waals surface area contributed by atoms with Gasteiger partial charge in [0.1, 0.15) is 0 Å². The van der Waals surface area contributed by atoms with Crippen LogP contribution in [0.1, 0.15) is 0 Å². The fraction of sp³-hybridized carbons (Fsp3) is 0. The van der Waals surface area contributed by atoms with Crippen LogP contribution in [0.2, 0.25) is 0 Å². The van der Waals surface area contributed by atoms with Crippen molar-refractivity contribution in [1.29, 1.82) is 0 Å². The highest BCUT2D eigenvalue weighted by atomic mass is 15.4. The van der Waals surface area contributed by atoms with Gasteiger partial charge in [0.05, 0.1) is 5.69 Å². The van der Waals surface area contributed by atoms with Gasteiger partial charge in [-0.15, -0.1) is 5.10 Å². The summed E-state index contributed by atoms with van der Waals surface area (Å²) in [4.78, 5) is 5.17. The van der Waals surface area contributed by atoms with Crippen LogP contribution in [0.4, 0.5) is 0 Å². The SMILES string of the molecule is c1ccc(-n2nc(-c3ccc(-c4cc5ccccc5c5ccccc45)cc3)nc2-c2ccc(-c3cc4ccccc4c4ccccc34)cc2)cc1. The molecular formula is C48H31N3. The molecule has 0 radical (unpaired) electrons. The van der Waals surface area contributed by atoms with Crippen molar-refractivity contribution in [2.24, 2.45) is 0 Å². The van der Waals surface area contributed by atoms with E-state index in [1.54, 1.807) is 0 Å². The van der Waals surface area contributed by atoms with Crippen molar-refractivity contribution >= 4 is 43.1 Å². The van der Waals surface area contributed by atoms with Crippen molar-refractivity contribution in [1.82, 2.24) is 14.8 Å². The number of hydrogen-bond acceptors (Lipinski definition) is 2. The number of aromatic nitrogens is 3. The van der Waals surface area contributed by atoms with E-state index in [2.05, 4.69) is 170 Å². The molecule has 1 heterocycles. The summed E-state index contributed by atoms with van der Waals surface area (Å²) < 4.78 is 1.96. The quantitative estimate of drug-likeness (QED) is 0.174. The Balaban J connectivity index is 1.05. The minimum Gasteiger partial charge on any atom is -0.213 e. The second kappa shape index (κ2) is 11.9. The largest absolute Gasteiger partial charge is 0.213 e. The van der Waals surface area contributed by atoms with Gasteiger partial charge in [-0.3, -0.25) is 0 Å².